The Hall–Kier alpha value is -1.82. The van der Waals surface area contributed by atoms with Gasteiger partial charge in [-0.25, -0.2) is 4.79 Å². The predicted molar refractivity (Wildman–Crippen MR) is 88.2 cm³/mol. The number of rotatable bonds is 4. The Kier molecular flexibility index (Phi) is 4.94. The first kappa shape index (κ1) is 17.0. The molecule has 0 saturated heterocycles. The Morgan fingerprint density at radius 1 is 1.33 bits per heavy atom. The first-order chi connectivity index (χ1) is 11.5. The van der Waals surface area contributed by atoms with Gasteiger partial charge in [-0.1, -0.05) is 6.42 Å². The van der Waals surface area contributed by atoms with Crippen LogP contribution in [0.15, 0.2) is 10.5 Å². The van der Waals surface area contributed by atoms with Crippen LogP contribution in [-0.4, -0.2) is 25.0 Å². The summed E-state index contributed by atoms with van der Waals surface area (Å²) in [4.78, 5) is 24.1. The molecule has 24 heavy (non-hydrogen) atoms. The van der Waals surface area contributed by atoms with Crippen LogP contribution in [0.1, 0.15) is 54.0 Å². The number of fused-ring (bicyclic) bond motifs is 2. The highest BCUT2D eigenvalue weighted by Crippen LogP contribution is 2.41. The molecule has 2 aliphatic carbocycles. The quantitative estimate of drug-likeness (QED) is 0.823. The van der Waals surface area contributed by atoms with Crippen LogP contribution in [0.4, 0.5) is 0 Å². The molecule has 2 atom stereocenters. The second-order valence-corrected chi connectivity index (χ2v) is 7.09. The third-order valence-corrected chi connectivity index (χ3v) is 5.59. The molecule has 1 heterocycles. The second kappa shape index (κ2) is 6.97. The summed E-state index contributed by atoms with van der Waals surface area (Å²) in [6, 6.07) is 1.89. The van der Waals surface area contributed by atoms with Gasteiger partial charge in [0.2, 0.25) is 5.91 Å². The largest absolute Gasteiger partial charge is 0.465 e. The highest BCUT2D eigenvalue weighted by atomic mass is 16.5. The minimum Gasteiger partial charge on any atom is -0.465 e. The van der Waals surface area contributed by atoms with E-state index in [4.69, 9.17) is 14.9 Å². The van der Waals surface area contributed by atoms with Gasteiger partial charge in [-0.05, 0) is 50.5 Å². The van der Waals surface area contributed by atoms with E-state index in [1.54, 1.807) is 13.0 Å². The fraction of sp³-hybridized carbons (Fsp3) is 0.667. The number of hydrogen-bond acceptors (Lipinski definition) is 5. The molecule has 2 aliphatic rings. The number of carbonyl (C=O) groups is 2. The van der Waals surface area contributed by atoms with E-state index in [2.05, 4.69) is 5.32 Å². The summed E-state index contributed by atoms with van der Waals surface area (Å²) in [6.07, 6.45) is 5.28. The van der Waals surface area contributed by atoms with Crippen LogP contribution in [0.3, 0.4) is 0 Å². The van der Waals surface area contributed by atoms with Crippen LogP contribution in [-0.2, 0) is 16.1 Å². The van der Waals surface area contributed by atoms with Gasteiger partial charge in [-0.15, -0.1) is 0 Å². The van der Waals surface area contributed by atoms with Crippen LogP contribution >= 0.6 is 0 Å². The summed E-state index contributed by atoms with van der Waals surface area (Å²) < 4.78 is 10.2. The maximum absolute atomic E-state index is 12.5. The van der Waals surface area contributed by atoms with Crippen molar-refractivity contribution in [3.8, 4) is 0 Å². The molecule has 0 radical (unpaired) electrons. The molecule has 0 spiro atoms. The van der Waals surface area contributed by atoms with E-state index in [0.717, 1.165) is 25.7 Å². The summed E-state index contributed by atoms with van der Waals surface area (Å²) in [7, 11) is 1.33. The lowest BCUT2D eigenvalue weighted by Gasteiger charge is -2.43. The average molecular weight is 334 g/mol. The number of carbonyl (C=O) groups excluding carboxylic acids is 2. The number of ether oxygens (including phenoxy) is 1. The van der Waals surface area contributed by atoms with Crippen LogP contribution < -0.4 is 11.1 Å². The van der Waals surface area contributed by atoms with Crippen molar-refractivity contribution >= 4 is 11.9 Å². The Morgan fingerprint density at radius 2 is 2.00 bits per heavy atom. The summed E-state index contributed by atoms with van der Waals surface area (Å²) in [5.41, 5.74) is 6.68. The second-order valence-electron chi connectivity index (χ2n) is 7.09. The number of furan rings is 1. The molecule has 132 valence electrons. The lowest BCUT2D eigenvalue weighted by atomic mass is 9.65. The molecule has 3 N–H and O–H groups in total. The molecule has 0 aliphatic heterocycles. The van der Waals surface area contributed by atoms with Crippen LogP contribution in [0.5, 0.6) is 0 Å². The van der Waals surface area contributed by atoms with Gasteiger partial charge in [0, 0.05) is 12.0 Å². The zero-order valence-electron chi connectivity index (χ0n) is 14.3. The molecule has 2 bridgehead atoms. The zero-order valence-corrected chi connectivity index (χ0v) is 14.3. The van der Waals surface area contributed by atoms with Crippen molar-refractivity contribution in [2.24, 2.45) is 23.5 Å². The summed E-state index contributed by atoms with van der Waals surface area (Å²) in [5, 5.41) is 2.94. The highest BCUT2D eigenvalue weighted by molar-refractivity contribution is 5.90. The van der Waals surface area contributed by atoms with E-state index in [0.29, 0.717) is 28.9 Å². The van der Waals surface area contributed by atoms with Crippen molar-refractivity contribution in [1.29, 1.82) is 0 Å². The van der Waals surface area contributed by atoms with Crippen molar-refractivity contribution in [3.05, 3.63) is 23.2 Å². The number of aryl methyl sites for hydroxylation is 1. The van der Waals surface area contributed by atoms with E-state index in [9.17, 15) is 9.59 Å². The number of amides is 1. The van der Waals surface area contributed by atoms with Gasteiger partial charge < -0.3 is 20.2 Å². The van der Waals surface area contributed by atoms with Crippen molar-refractivity contribution in [2.45, 2.75) is 51.6 Å². The Labute approximate surface area is 142 Å². The number of methoxy groups -OCH3 is 1. The van der Waals surface area contributed by atoms with Gasteiger partial charge in [-0.3, -0.25) is 4.79 Å². The smallest absolute Gasteiger partial charge is 0.341 e. The molecule has 2 fully saturated rings. The summed E-state index contributed by atoms with van der Waals surface area (Å²) in [6.45, 7) is 2.00. The van der Waals surface area contributed by atoms with Crippen LogP contribution in [0.2, 0.25) is 0 Å². The highest BCUT2D eigenvalue weighted by Gasteiger charge is 2.40. The van der Waals surface area contributed by atoms with E-state index < -0.39 is 5.97 Å². The lowest BCUT2D eigenvalue weighted by molar-refractivity contribution is -0.128. The zero-order chi connectivity index (χ0) is 17.3. The molecule has 1 amide bonds. The molecule has 6 heteroatoms. The van der Waals surface area contributed by atoms with Gasteiger partial charge in [0.25, 0.3) is 0 Å². The lowest BCUT2D eigenvalue weighted by Crippen LogP contribution is -2.49. The summed E-state index contributed by atoms with van der Waals surface area (Å²) >= 11 is 0. The van der Waals surface area contributed by atoms with Crippen molar-refractivity contribution in [2.75, 3.05) is 7.11 Å². The molecule has 1 aromatic heterocycles. The SMILES string of the molecule is COC(=O)c1cc(CNC(=O)C2CC3CCCC(C2)C3N)oc1C. The van der Waals surface area contributed by atoms with Gasteiger partial charge in [0.05, 0.1) is 13.7 Å². The number of esters is 1. The first-order valence-electron chi connectivity index (χ1n) is 8.70. The first-order valence-corrected chi connectivity index (χ1v) is 8.70. The fourth-order valence-electron chi connectivity index (χ4n) is 4.27. The maximum Gasteiger partial charge on any atom is 0.341 e. The van der Waals surface area contributed by atoms with Gasteiger partial charge in [0.1, 0.15) is 17.1 Å². The van der Waals surface area contributed by atoms with Gasteiger partial charge >= 0.3 is 5.97 Å². The molecule has 0 aromatic carbocycles. The molecule has 2 unspecified atom stereocenters. The minimum absolute atomic E-state index is 0.0382. The number of hydrogen-bond donors (Lipinski definition) is 2. The van der Waals surface area contributed by atoms with E-state index in [1.807, 2.05) is 0 Å². The Balaban J connectivity index is 1.57. The van der Waals surface area contributed by atoms with Crippen LogP contribution in [0.25, 0.3) is 0 Å². The molecular weight excluding hydrogens is 308 g/mol. The fourth-order valence-corrected chi connectivity index (χ4v) is 4.27. The van der Waals surface area contributed by atoms with Crippen molar-refractivity contribution < 1.29 is 18.7 Å². The minimum atomic E-state index is -0.428. The predicted octanol–water partition coefficient (Wildman–Crippen LogP) is 2.14. The van der Waals surface area contributed by atoms with Crippen LogP contribution in [0, 0.1) is 24.7 Å². The van der Waals surface area contributed by atoms with E-state index >= 15 is 0 Å². The number of nitrogens with two attached hydrogens (primary N) is 1. The standard InChI is InChI=1S/C18H26N2O4/c1-10-15(18(22)23-2)8-14(24-10)9-20-17(21)13-6-11-4-3-5-12(7-13)16(11)19/h8,11-13,16H,3-7,9,19H2,1-2H3,(H,20,21). The van der Waals surface area contributed by atoms with Crippen molar-refractivity contribution in [1.82, 2.24) is 5.32 Å². The Morgan fingerprint density at radius 3 is 2.62 bits per heavy atom. The van der Waals surface area contributed by atoms with Crippen molar-refractivity contribution in [3.63, 3.8) is 0 Å². The molecule has 3 rings (SSSR count). The molecule has 2 saturated carbocycles. The average Bonchev–Trinajstić information content (AvgIpc) is 2.92. The van der Waals surface area contributed by atoms with Gasteiger partial charge in [-0.2, -0.15) is 0 Å². The number of nitrogens with one attached hydrogen (secondary N) is 1. The monoisotopic (exact) mass is 334 g/mol. The van der Waals surface area contributed by atoms with E-state index in [1.165, 1.54) is 13.5 Å². The third-order valence-electron chi connectivity index (χ3n) is 5.59. The van der Waals surface area contributed by atoms with Gasteiger partial charge in [0.15, 0.2) is 0 Å². The summed E-state index contributed by atoms with van der Waals surface area (Å²) in [5.74, 6) is 1.69. The maximum atomic E-state index is 12.5. The molecular formula is C18H26N2O4. The molecule has 6 nitrogen and oxygen atoms in total. The van der Waals surface area contributed by atoms with E-state index in [-0.39, 0.29) is 24.4 Å². The molecule has 1 aromatic rings. The topological polar surface area (TPSA) is 94.6 Å². The normalized spacial score (nSPS) is 29.1. The third kappa shape index (κ3) is 3.34. The Bertz CT molecular complexity index is 611.